The lowest BCUT2D eigenvalue weighted by Crippen LogP contribution is -2.05. The van der Waals surface area contributed by atoms with Crippen LogP contribution in [0.2, 0.25) is 0 Å². The van der Waals surface area contributed by atoms with Gasteiger partial charge in [0.1, 0.15) is 5.82 Å². The third-order valence-corrected chi connectivity index (χ3v) is 2.54. The van der Waals surface area contributed by atoms with E-state index < -0.39 is 10.9 Å². The zero-order valence-corrected chi connectivity index (χ0v) is 10.4. The molecule has 0 aliphatic heterocycles. The van der Waals surface area contributed by atoms with Crippen molar-refractivity contribution in [2.45, 2.75) is 0 Å². The first-order chi connectivity index (χ1) is 9.51. The van der Waals surface area contributed by atoms with Gasteiger partial charge < -0.3 is 10.4 Å². The number of rotatable bonds is 4. The van der Waals surface area contributed by atoms with Crippen LogP contribution in [0.25, 0.3) is 11.4 Å². The van der Waals surface area contributed by atoms with Crippen molar-refractivity contribution in [3.05, 3.63) is 46.1 Å². The number of nitro groups is 1. The highest BCUT2D eigenvalue weighted by Crippen LogP contribution is 2.21. The fraction of sp³-hybridized carbons (Fsp3) is 0.0833. The Labute approximate surface area is 113 Å². The van der Waals surface area contributed by atoms with Crippen molar-refractivity contribution in [2.24, 2.45) is 0 Å². The summed E-state index contributed by atoms with van der Waals surface area (Å²) in [5.41, 5.74) is 0.282. The van der Waals surface area contributed by atoms with Gasteiger partial charge in [-0.3, -0.25) is 10.1 Å². The van der Waals surface area contributed by atoms with E-state index in [4.69, 9.17) is 5.11 Å². The average Bonchev–Trinajstić information content (AvgIpc) is 2.46. The maximum atomic E-state index is 11.0. The molecule has 0 atom stereocenters. The number of hydrogen-bond acceptors (Lipinski definition) is 6. The largest absolute Gasteiger partial charge is 0.477 e. The highest BCUT2D eigenvalue weighted by molar-refractivity contribution is 5.87. The van der Waals surface area contributed by atoms with E-state index in [1.807, 2.05) is 0 Å². The van der Waals surface area contributed by atoms with Gasteiger partial charge in [0.25, 0.3) is 5.69 Å². The van der Waals surface area contributed by atoms with Crippen LogP contribution in [0.4, 0.5) is 11.5 Å². The van der Waals surface area contributed by atoms with Gasteiger partial charge in [0.2, 0.25) is 0 Å². The Balaban J connectivity index is 2.48. The second-order valence-electron chi connectivity index (χ2n) is 3.82. The minimum Gasteiger partial charge on any atom is -0.477 e. The Bertz CT molecular complexity index is 670. The van der Waals surface area contributed by atoms with Crippen molar-refractivity contribution in [2.75, 3.05) is 12.4 Å². The lowest BCUT2D eigenvalue weighted by atomic mass is 10.2. The molecule has 0 fully saturated rings. The molecule has 8 heteroatoms. The molecule has 8 nitrogen and oxygen atoms in total. The molecule has 2 aromatic rings. The Morgan fingerprint density at radius 2 is 1.95 bits per heavy atom. The van der Waals surface area contributed by atoms with Gasteiger partial charge in [0, 0.05) is 30.8 Å². The highest BCUT2D eigenvalue weighted by Gasteiger charge is 2.12. The summed E-state index contributed by atoms with van der Waals surface area (Å²) in [4.78, 5) is 29.1. The fourth-order valence-electron chi connectivity index (χ4n) is 1.55. The normalized spacial score (nSPS) is 10.1. The zero-order chi connectivity index (χ0) is 14.7. The Kier molecular flexibility index (Phi) is 3.56. The van der Waals surface area contributed by atoms with E-state index in [9.17, 15) is 14.9 Å². The van der Waals surface area contributed by atoms with E-state index >= 15 is 0 Å². The number of carboxylic acids is 1. The number of non-ortho nitro benzene ring substituents is 1. The summed E-state index contributed by atoms with van der Waals surface area (Å²) in [6.45, 7) is 0. The van der Waals surface area contributed by atoms with E-state index in [-0.39, 0.29) is 17.2 Å². The van der Waals surface area contributed by atoms with Crippen molar-refractivity contribution >= 4 is 17.5 Å². The van der Waals surface area contributed by atoms with Crippen LogP contribution in [0.15, 0.2) is 30.3 Å². The van der Waals surface area contributed by atoms with Crippen LogP contribution < -0.4 is 5.32 Å². The van der Waals surface area contributed by atoms with Gasteiger partial charge in [-0.05, 0) is 12.1 Å². The Morgan fingerprint density at radius 1 is 1.30 bits per heavy atom. The van der Waals surface area contributed by atoms with Crippen LogP contribution >= 0.6 is 0 Å². The molecule has 2 rings (SSSR count). The van der Waals surface area contributed by atoms with Crippen molar-refractivity contribution < 1.29 is 14.8 Å². The molecular weight excluding hydrogens is 264 g/mol. The molecule has 0 aliphatic carbocycles. The summed E-state index contributed by atoms with van der Waals surface area (Å²) in [5.74, 6) is -0.637. The maximum Gasteiger partial charge on any atom is 0.354 e. The lowest BCUT2D eigenvalue weighted by molar-refractivity contribution is -0.384. The second-order valence-corrected chi connectivity index (χ2v) is 3.82. The number of aromatic nitrogens is 2. The average molecular weight is 274 g/mol. The molecule has 1 heterocycles. The van der Waals surface area contributed by atoms with E-state index in [0.29, 0.717) is 11.4 Å². The first kappa shape index (κ1) is 13.4. The number of carboxylic acid groups (broad SMARTS) is 1. The molecule has 1 aromatic carbocycles. The molecule has 1 aromatic heterocycles. The maximum absolute atomic E-state index is 11.0. The molecule has 2 N–H and O–H groups in total. The standard InChI is InChI=1S/C12H10N4O4/c1-13-10-6-9(12(17)18)14-11(15-10)7-2-4-8(5-3-7)16(19)20/h2-6H,1H3,(H,17,18)(H,13,14,15). The molecule has 102 valence electrons. The Morgan fingerprint density at radius 3 is 2.45 bits per heavy atom. The number of nitro benzene ring substituents is 1. The predicted molar refractivity (Wildman–Crippen MR) is 70.6 cm³/mol. The number of anilines is 1. The fourth-order valence-corrected chi connectivity index (χ4v) is 1.55. The van der Waals surface area contributed by atoms with Crippen molar-refractivity contribution in [1.82, 2.24) is 9.97 Å². The summed E-state index contributed by atoms with van der Waals surface area (Å²) in [7, 11) is 1.60. The van der Waals surface area contributed by atoms with E-state index in [2.05, 4.69) is 15.3 Å². The summed E-state index contributed by atoms with van der Waals surface area (Å²) in [6.07, 6.45) is 0. The summed E-state index contributed by atoms with van der Waals surface area (Å²) in [5, 5.41) is 22.3. The highest BCUT2D eigenvalue weighted by atomic mass is 16.6. The topological polar surface area (TPSA) is 118 Å². The Hall–Kier alpha value is -3.03. The minimum atomic E-state index is -1.17. The van der Waals surface area contributed by atoms with Gasteiger partial charge in [-0.15, -0.1) is 0 Å². The number of aromatic carboxylic acids is 1. The molecule has 0 radical (unpaired) electrons. The first-order valence-corrected chi connectivity index (χ1v) is 5.56. The summed E-state index contributed by atoms with van der Waals surface area (Å²) < 4.78 is 0. The van der Waals surface area contributed by atoms with E-state index in [0.717, 1.165) is 0 Å². The van der Waals surface area contributed by atoms with Crippen LogP contribution in [0, 0.1) is 10.1 Å². The summed E-state index contributed by atoms with van der Waals surface area (Å²) in [6, 6.07) is 6.87. The van der Waals surface area contributed by atoms with Crippen molar-refractivity contribution in [3.8, 4) is 11.4 Å². The van der Waals surface area contributed by atoms with Gasteiger partial charge in [-0.1, -0.05) is 0 Å². The van der Waals surface area contributed by atoms with Crippen LogP contribution in [-0.4, -0.2) is 33.0 Å². The zero-order valence-electron chi connectivity index (χ0n) is 10.4. The van der Waals surface area contributed by atoms with Crippen molar-refractivity contribution in [1.29, 1.82) is 0 Å². The predicted octanol–water partition coefficient (Wildman–Crippen LogP) is 1.79. The third-order valence-electron chi connectivity index (χ3n) is 2.54. The van der Waals surface area contributed by atoms with E-state index in [1.165, 1.54) is 30.3 Å². The van der Waals surface area contributed by atoms with Crippen LogP contribution in [0.5, 0.6) is 0 Å². The first-order valence-electron chi connectivity index (χ1n) is 5.56. The van der Waals surface area contributed by atoms with Gasteiger partial charge in [0.05, 0.1) is 4.92 Å². The number of nitrogens with one attached hydrogen (secondary N) is 1. The molecule has 0 saturated heterocycles. The lowest BCUT2D eigenvalue weighted by Gasteiger charge is -2.05. The second kappa shape index (κ2) is 5.31. The van der Waals surface area contributed by atoms with Gasteiger partial charge >= 0.3 is 5.97 Å². The molecule has 0 bridgehead atoms. The number of nitrogens with zero attached hydrogens (tertiary/aromatic N) is 3. The molecule has 20 heavy (non-hydrogen) atoms. The molecule has 0 unspecified atom stereocenters. The van der Waals surface area contributed by atoms with Crippen LogP contribution in [0.3, 0.4) is 0 Å². The van der Waals surface area contributed by atoms with E-state index in [1.54, 1.807) is 7.05 Å². The number of benzene rings is 1. The molecule has 0 spiro atoms. The summed E-state index contributed by atoms with van der Waals surface area (Å²) >= 11 is 0. The number of hydrogen-bond donors (Lipinski definition) is 2. The molecule has 0 aliphatic rings. The SMILES string of the molecule is CNc1cc(C(=O)O)nc(-c2ccc([N+](=O)[O-])cc2)n1. The monoisotopic (exact) mass is 274 g/mol. The molecule has 0 saturated carbocycles. The quantitative estimate of drug-likeness (QED) is 0.644. The van der Waals surface area contributed by atoms with Crippen LogP contribution in [0.1, 0.15) is 10.5 Å². The minimum absolute atomic E-state index is 0.0584. The van der Waals surface area contributed by atoms with Gasteiger partial charge in [-0.25, -0.2) is 14.8 Å². The molecule has 0 amide bonds. The van der Waals surface area contributed by atoms with Gasteiger partial charge in [0.15, 0.2) is 11.5 Å². The van der Waals surface area contributed by atoms with Crippen LogP contribution in [-0.2, 0) is 0 Å². The number of carbonyl (C=O) groups is 1. The van der Waals surface area contributed by atoms with Crippen molar-refractivity contribution in [3.63, 3.8) is 0 Å². The smallest absolute Gasteiger partial charge is 0.354 e. The van der Waals surface area contributed by atoms with Gasteiger partial charge in [-0.2, -0.15) is 0 Å². The molecular formula is C12H10N4O4. The third kappa shape index (κ3) is 2.69.